The van der Waals surface area contributed by atoms with Gasteiger partial charge in [0.1, 0.15) is 11.6 Å². The van der Waals surface area contributed by atoms with Crippen molar-refractivity contribution in [3.8, 4) is 0 Å². The fourth-order valence-electron chi connectivity index (χ4n) is 2.04. The Bertz CT molecular complexity index is 651. The Hall–Kier alpha value is -2.43. The van der Waals surface area contributed by atoms with E-state index in [2.05, 4.69) is 10.6 Å². The summed E-state index contributed by atoms with van der Waals surface area (Å²) in [4.78, 5) is 12.3. The van der Waals surface area contributed by atoms with Crippen LogP contribution in [0.1, 0.15) is 22.8 Å². The molecule has 110 valence electrons. The molecule has 3 nitrogen and oxygen atoms in total. The van der Waals surface area contributed by atoms with Gasteiger partial charge in [-0.25, -0.2) is 8.78 Å². The molecule has 0 saturated heterocycles. The van der Waals surface area contributed by atoms with Gasteiger partial charge in [0.2, 0.25) is 0 Å². The van der Waals surface area contributed by atoms with E-state index in [4.69, 9.17) is 0 Å². The highest BCUT2D eigenvalue weighted by atomic mass is 19.1. The van der Waals surface area contributed by atoms with E-state index in [0.717, 1.165) is 0 Å². The van der Waals surface area contributed by atoms with Gasteiger partial charge in [-0.2, -0.15) is 0 Å². The number of para-hydroxylation sites is 2. The molecule has 0 aliphatic rings. The lowest BCUT2D eigenvalue weighted by molar-refractivity contribution is 0.102. The smallest absolute Gasteiger partial charge is 0.257 e. The van der Waals surface area contributed by atoms with Crippen LogP contribution in [0, 0.1) is 18.6 Å². The predicted octanol–water partition coefficient (Wildman–Crippen LogP) is 3.96. The van der Waals surface area contributed by atoms with Crippen LogP contribution in [0.5, 0.6) is 0 Å². The minimum absolute atomic E-state index is 0.106. The van der Waals surface area contributed by atoms with Gasteiger partial charge >= 0.3 is 0 Å². The Morgan fingerprint density at radius 3 is 2.29 bits per heavy atom. The first-order valence-corrected chi connectivity index (χ1v) is 6.63. The molecule has 2 N–H and O–H groups in total. The lowest BCUT2D eigenvalue weighted by Crippen LogP contribution is -2.17. The molecule has 2 aromatic rings. The fraction of sp³-hybridized carbons (Fsp3) is 0.188. The molecule has 0 aromatic heterocycles. The molecule has 21 heavy (non-hydrogen) atoms. The highest BCUT2D eigenvalue weighted by Crippen LogP contribution is 2.23. The lowest BCUT2D eigenvalue weighted by atomic mass is 10.1. The minimum Gasteiger partial charge on any atom is -0.382 e. The van der Waals surface area contributed by atoms with Gasteiger partial charge in [-0.3, -0.25) is 4.79 Å². The summed E-state index contributed by atoms with van der Waals surface area (Å²) in [6, 6.07) is 8.72. The third kappa shape index (κ3) is 3.18. The maximum absolute atomic E-state index is 13.8. The Morgan fingerprint density at radius 2 is 1.67 bits per heavy atom. The average Bonchev–Trinajstić information content (AvgIpc) is 2.45. The number of amides is 1. The van der Waals surface area contributed by atoms with Gasteiger partial charge in [-0.15, -0.1) is 0 Å². The molecular weight excluding hydrogens is 274 g/mol. The standard InChI is InChI=1S/C16H16F2N2O/c1-3-19-15-11(7-5-9-13(15)18)16(21)20-14-10(2)6-4-8-12(14)17/h4-9,19H,3H2,1-2H3,(H,20,21). The first-order valence-electron chi connectivity index (χ1n) is 6.63. The van der Waals surface area contributed by atoms with Crippen LogP contribution in [0.2, 0.25) is 0 Å². The first kappa shape index (κ1) is 15.0. The lowest BCUT2D eigenvalue weighted by Gasteiger charge is -2.13. The topological polar surface area (TPSA) is 41.1 Å². The van der Waals surface area contributed by atoms with Crippen LogP contribution in [0.4, 0.5) is 20.2 Å². The zero-order chi connectivity index (χ0) is 15.4. The fourth-order valence-corrected chi connectivity index (χ4v) is 2.04. The Morgan fingerprint density at radius 1 is 1.05 bits per heavy atom. The number of carbonyl (C=O) groups excluding carboxylic acids is 1. The van der Waals surface area contributed by atoms with Crippen molar-refractivity contribution in [3.05, 3.63) is 59.2 Å². The summed E-state index contributed by atoms with van der Waals surface area (Å²) in [7, 11) is 0. The predicted molar refractivity (Wildman–Crippen MR) is 79.7 cm³/mol. The summed E-state index contributed by atoms with van der Waals surface area (Å²) < 4.78 is 27.5. The van der Waals surface area contributed by atoms with Gasteiger partial charge in [0.05, 0.1) is 16.9 Å². The number of rotatable bonds is 4. The van der Waals surface area contributed by atoms with Crippen LogP contribution in [-0.2, 0) is 0 Å². The third-order valence-corrected chi connectivity index (χ3v) is 3.07. The van der Waals surface area contributed by atoms with Crippen LogP contribution in [0.25, 0.3) is 0 Å². The van der Waals surface area contributed by atoms with Crippen LogP contribution in [0.3, 0.4) is 0 Å². The van der Waals surface area contributed by atoms with Crippen molar-refractivity contribution in [2.45, 2.75) is 13.8 Å². The van der Waals surface area contributed by atoms with Gasteiger partial charge in [-0.1, -0.05) is 18.2 Å². The Labute approximate surface area is 122 Å². The number of benzene rings is 2. The van der Waals surface area contributed by atoms with E-state index in [1.807, 2.05) is 0 Å². The second-order valence-electron chi connectivity index (χ2n) is 4.58. The number of anilines is 2. The molecule has 2 rings (SSSR count). The third-order valence-electron chi connectivity index (χ3n) is 3.07. The van der Waals surface area contributed by atoms with Crippen molar-refractivity contribution in [2.75, 3.05) is 17.2 Å². The molecular formula is C16H16F2N2O. The highest BCUT2D eigenvalue weighted by Gasteiger charge is 2.17. The van der Waals surface area contributed by atoms with E-state index in [-0.39, 0.29) is 16.9 Å². The Balaban J connectivity index is 2.35. The van der Waals surface area contributed by atoms with Gasteiger partial charge in [0, 0.05) is 6.54 Å². The van der Waals surface area contributed by atoms with E-state index in [9.17, 15) is 13.6 Å². The summed E-state index contributed by atoms with van der Waals surface area (Å²) in [5, 5.41) is 5.31. The van der Waals surface area contributed by atoms with E-state index in [0.29, 0.717) is 12.1 Å². The van der Waals surface area contributed by atoms with E-state index in [1.54, 1.807) is 26.0 Å². The normalized spacial score (nSPS) is 10.3. The first-order chi connectivity index (χ1) is 10.0. The maximum atomic E-state index is 13.8. The molecule has 1 amide bonds. The van der Waals surface area contributed by atoms with Crippen molar-refractivity contribution in [3.63, 3.8) is 0 Å². The highest BCUT2D eigenvalue weighted by molar-refractivity contribution is 6.08. The van der Waals surface area contributed by atoms with Gasteiger partial charge in [0.25, 0.3) is 5.91 Å². The number of hydrogen-bond donors (Lipinski definition) is 2. The van der Waals surface area contributed by atoms with Gasteiger partial charge < -0.3 is 10.6 Å². The van der Waals surface area contributed by atoms with Gasteiger partial charge in [-0.05, 0) is 37.6 Å². The zero-order valence-corrected chi connectivity index (χ0v) is 11.8. The molecule has 0 saturated carbocycles. The van der Waals surface area contributed by atoms with Crippen molar-refractivity contribution < 1.29 is 13.6 Å². The van der Waals surface area contributed by atoms with Crippen molar-refractivity contribution in [1.82, 2.24) is 0 Å². The molecule has 0 bridgehead atoms. The van der Waals surface area contributed by atoms with Crippen LogP contribution < -0.4 is 10.6 Å². The Kier molecular flexibility index (Phi) is 4.52. The number of halogens is 2. The molecule has 0 unspecified atom stereocenters. The molecule has 0 fully saturated rings. The largest absolute Gasteiger partial charge is 0.382 e. The summed E-state index contributed by atoms with van der Waals surface area (Å²) in [5.41, 5.74) is 0.963. The molecule has 0 aliphatic heterocycles. The van der Waals surface area contributed by atoms with Crippen LogP contribution in [0.15, 0.2) is 36.4 Å². The molecule has 0 atom stereocenters. The second-order valence-corrected chi connectivity index (χ2v) is 4.58. The van der Waals surface area contributed by atoms with Gasteiger partial charge in [0.15, 0.2) is 0 Å². The summed E-state index contributed by atoms with van der Waals surface area (Å²) >= 11 is 0. The number of carbonyl (C=O) groups is 1. The molecule has 2 aromatic carbocycles. The monoisotopic (exact) mass is 290 g/mol. The average molecular weight is 290 g/mol. The van der Waals surface area contributed by atoms with Crippen LogP contribution in [-0.4, -0.2) is 12.5 Å². The summed E-state index contributed by atoms with van der Waals surface area (Å²) in [6.45, 7) is 3.96. The summed E-state index contributed by atoms with van der Waals surface area (Å²) in [6.07, 6.45) is 0. The SMILES string of the molecule is CCNc1c(F)cccc1C(=O)Nc1c(C)cccc1F. The number of hydrogen-bond acceptors (Lipinski definition) is 2. The minimum atomic E-state index is -0.557. The molecule has 0 heterocycles. The molecule has 0 spiro atoms. The van der Waals surface area contributed by atoms with E-state index < -0.39 is 17.5 Å². The second kappa shape index (κ2) is 6.35. The van der Waals surface area contributed by atoms with Crippen molar-refractivity contribution in [2.24, 2.45) is 0 Å². The molecule has 0 radical (unpaired) electrons. The van der Waals surface area contributed by atoms with Crippen molar-refractivity contribution >= 4 is 17.3 Å². The number of nitrogens with one attached hydrogen (secondary N) is 2. The zero-order valence-electron chi connectivity index (χ0n) is 11.8. The maximum Gasteiger partial charge on any atom is 0.257 e. The number of aryl methyl sites for hydroxylation is 1. The summed E-state index contributed by atoms with van der Waals surface area (Å²) in [5.74, 6) is -1.60. The molecule has 5 heteroatoms. The van der Waals surface area contributed by atoms with E-state index >= 15 is 0 Å². The van der Waals surface area contributed by atoms with Crippen molar-refractivity contribution in [1.29, 1.82) is 0 Å². The quantitative estimate of drug-likeness (QED) is 0.895. The van der Waals surface area contributed by atoms with E-state index in [1.165, 1.54) is 24.3 Å². The van der Waals surface area contributed by atoms with Crippen LogP contribution >= 0.6 is 0 Å². The molecule has 0 aliphatic carbocycles.